The summed E-state index contributed by atoms with van der Waals surface area (Å²) >= 11 is 0. The second kappa shape index (κ2) is 7.46. The van der Waals surface area contributed by atoms with Gasteiger partial charge in [-0.1, -0.05) is 12.1 Å². The summed E-state index contributed by atoms with van der Waals surface area (Å²) in [6, 6.07) is 2.02. The Bertz CT molecular complexity index is 584. The lowest BCUT2D eigenvalue weighted by atomic mass is 9.75. The fraction of sp³-hybridized carbons (Fsp3) is 0.789. The number of hydrogen-bond donors (Lipinski definition) is 2. The van der Waals surface area contributed by atoms with Crippen LogP contribution >= 0.6 is 0 Å². The first-order valence-electron chi connectivity index (χ1n) is 9.51. The first kappa shape index (κ1) is 18.4. The molecule has 6 nitrogen and oxygen atoms in total. The third-order valence-electron chi connectivity index (χ3n) is 5.73. The van der Waals surface area contributed by atoms with Gasteiger partial charge in [0.1, 0.15) is 5.76 Å². The fourth-order valence-electron chi connectivity index (χ4n) is 3.63. The van der Waals surface area contributed by atoms with Crippen LogP contribution in [0, 0.1) is 5.41 Å². The van der Waals surface area contributed by atoms with E-state index in [2.05, 4.69) is 36.6 Å². The molecule has 0 aromatic carbocycles. The van der Waals surface area contributed by atoms with Crippen molar-refractivity contribution in [2.75, 3.05) is 26.3 Å². The summed E-state index contributed by atoms with van der Waals surface area (Å²) in [6.45, 7) is 9.38. The highest BCUT2D eigenvalue weighted by atomic mass is 16.5. The van der Waals surface area contributed by atoms with Crippen molar-refractivity contribution in [3.8, 4) is 0 Å². The molecular formula is C19H31N3O3. The van der Waals surface area contributed by atoms with Crippen LogP contribution in [0.25, 0.3) is 0 Å². The predicted octanol–water partition coefficient (Wildman–Crippen LogP) is 2.40. The topological polar surface area (TPSA) is 76.4 Å². The lowest BCUT2D eigenvalue weighted by Gasteiger charge is -2.38. The molecule has 3 heterocycles. The highest BCUT2D eigenvalue weighted by Gasteiger charge is 2.42. The van der Waals surface area contributed by atoms with Crippen molar-refractivity contribution in [3.63, 3.8) is 0 Å². The monoisotopic (exact) mass is 349 g/mol. The van der Waals surface area contributed by atoms with Crippen molar-refractivity contribution in [2.24, 2.45) is 5.41 Å². The molecule has 25 heavy (non-hydrogen) atoms. The van der Waals surface area contributed by atoms with Crippen molar-refractivity contribution in [3.05, 3.63) is 17.5 Å². The number of nitrogens with one attached hydrogen (secondary N) is 2. The van der Waals surface area contributed by atoms with Gasteiger partial charge in [-0.05, 0) is 46.1 Å². The Morgan fingerprint density at radius 2 is 2.36 bits per heavy atom. The molecule has 0 saturated carbocycles. The maximum Gasteiger partial charge on any atom is 0.228 e. The molecule has 2 saturated heterocycles. The highest BCUT2D eigenvalue weighted by Crippen LogP contribution is 2.33. The minimum atomic E-state index is -0.465. The van der Waals surface area contributed by atoms with E-state index in [9.17, 15) is 4.79 Å². The van der Waals surface area contributed by atoms with Gasteiger partial charge in [0.05, 0.1) is 17.7 Å². The first-order chi connectivity index (χ1) is 11.9. The Morgan fingerprint density at radius 1 is 1.52 bits per heavy atom. The van der Waals surface area contributed by atoms with Gasteiger partial charge in [0.2, 0.25) is 5.91 Å². The summed E-state index contributed by atoms with van der Waals surface area (Å²) in [5.74, 6) is 1.24. The Labute approximate surface area is 150 Å². The summed E-state index contributed by atoms with van der Waals surface area (Å²) in [5, 5.41) is 10.9. The number of ether oxygens (including phenoxy) is 1. The van der Waals surface area contributed by atoms with Gasteiger partial charge >= 0.3 is 0 Å². The average molecular weight is 349 g/mol. The van der Waals surface area contributed by atoms with Gasteiger partial charge in [-0.2, -0.15) is 0 Å². The van der Waals surface area contributed by atoms with Crippen molar-refractivity contribution in [2.45, 2.75) is 64.3 Å². The number of piperidine rings is 1. The van der Waals surface area contributed by atoms with E-state index in [-0.39, 0.29) is 11.4 Å². The number of carbonyl (C=O) groups excluding carboxylic acids is 1. The molecule has 3 rings (SSSR count). The summed E-state index contributed by atoms with van der Waals surface area (Å²) < 4.78 is 11.0. The summed E-state index contributed by atoms with van der Waals surface area (Å²) in [6.07, 6.45) is 4.35. The molecule has 2 aliphatic rings. The van der Waals surface area contributed by atoms with E-state index >= 15 is 0 Å². The van der Waals surface area contributed by atoms with E-state index in [0.717, 1.165) is 50.3 Å². The maximum absolute atomic E-state index is 13.1. The van der Waals surface area contributed by atoms with Crippen molar-refractivity contribution < 1.29 is 14.1 Å². The molecule has 2 fully saturated rings. The standard InChI is InChI=1S/C19H31N3O3/c1-4-18(2,3)21-17(23)19(7-5-8-20-13-19)11-15-10-16(22-25-15)14-6-9-24-12-14/h10,14,20H,4-9,11-13H2,1-3H3,(H,21,23). The van der Waals surface area contributed by atoms with Crippen LogP contribution in [0.1, 0.15) is 63.8 Å². The number of amides is 1. The quantitative estimate of drug-likeness (QED) is 0.825. The van der Waals surface area contributed by atoms with Gasteiger partial charge in [-0.15, -0.1) is 0 Å². The van der Waals surface area contributed by atoms with Gasteiger partial charge in [0, 0.05) is 37.1 Å². The lowest BCUT2D eigenvalue weighted by Crippen LogP contribution is -2.56. The van der Waals surface area contributed by atoms with E-state index in [1.165, 1.54) is 0 Å². The van der Waals surface area contributed by atoms with E-state index in [0.29, 0.717) is 25.5 Å². The van der Waals surface area contributed by atoms with Crippen LogP contribution < -0.4 is 10.6 Å². The molecule has 140 valence electrons. The zero-order chi connectivity index (χ0) is 17.9. The summed E-state index contributed by atoms with van der Waals surface area (Å²) in [7, 11) is 0. The molecule has 0 aliphatic carbocycles. The van der Waals surface area contributed by atoms with Gasteiger partial charge in [-0.25, -0.2) is 0 Å². The van der Waals surface area contributed by atoms with Crippen LogP contribution in [0.3, 0.4) is 0 Å². The third kappa shape index (κ3) is 4.23. The molecule has 6 heteroatoms. The number of rotatable bonds is 6. The molecule has 0 radical (unpaired) electrons. The van der Waals surface area contributed by atoms with Gasteiger partial charge < -0.3 is 19.9 Å². The van der Waals surface area contributed by atoms with Crippen LogP contribution in [-0.4, -0.2) is 42.9 Å². The van der Waals surface area contributed by atoms with Gasteiger partial charge in [-0.3, -0.25) is 4.79 Å². The minimum absolute atomic E-state index is 0.119. The highest BCUT2D eigenvalue weighted by molar-refractivity contribution is 5.84. The summed E-state index contributed by atoms with van der Waals surface area (Å²) in [4.78, 5) is 13.1. The fourth-order valence-corrected chi connectivity index (χ4v) is 3.63. The number of carbonyl (C=O) groups is 1. The molecule has 0 bridgehead atoms. The molecule has 2 aliphatic heterocycles. The van der Waals surface area contributed by atoms with E-state index in [4.69, 9.17) is 9.26 Å². The Hall–Kier alpha value is -1.40. The van der Waals surface area contributed by atoms with Crippen molar-refractivity contribution >= 4 is 5.91 Å². The van der Waals surface area contributed by atoms with Crippen LogP contribution in [0.2, 0.25) is 0 Å². The molecule has 1 aromatic rings. The van der Waals surface area contributed by atoms with Crippen molar-refractivity contribution in [1.29, 1.82) is 0 Å². The number of nitrogens with zero attached hydrogens (tertiary/aromatic N) is 1. The molecule has 2 unspecified atom stereocenters. The Kier molecular flexibility index (Phi) is 5.49. The van der Waals surface area contributed by atoms with Gasteiger partial charge in [0.15, 0.2) is 0 Å². The van der Waals surface area contributed by atoms with E-state index in [1.807, 2.05) is 6.07 Å². The number of hydrogen-bond acceptors (Lipinski definition) is 5. The number of aromatic nitrogens is 1. The van der Waals surface area contributed by atoms with E-state index < -0.39 is 5.41 Å². The zero-order valence-electron chi connectivity index (χ0n) is 15.7. The molecular weight excluding hydrogens is 318 g/mol. The third-order valence-corrected chi connectivity index (χ3v) is 5.73. The van der Waals surface area contributed by atoms with Crippen molar-refractivity contribution in [1.82, 2.24) is 15.8 Å². The second-order valence-corrected chi connectivity index (χ2v) is 8.21. The SMILES string of the molecule is CCC(C)(C)NC(=O)C1(Cc2cc(C3CCOC3)no2)CCCNC1. The first-order valence-corrected chi connectivity index (χ1v) is 9.51. The summed E-state index contributed by atoms with van der Waals surface area (Å²) in [5.41, 5.74) is 0.295. The normalized spacial score (nSPS) is 27.4. The van der Waals surface area contributed by atoms with E-state index in [1.54, 1.807) is 0 Å². The van der Waals surface area contributed by atoms with Crippen LogP contribution in [-0.2, 0) is 16.0 Å². The Morgan fingerprint density at radius 3 is 3.00 bits per heavy atom. The molecule has 2 atom stereocenters. The molecule has 1 amide bonds. The average Bonchev–Trinajstić information content (AvgIpc) is 3.26. The largest absolute Gasteiger partial charge is 0.381 e. The smallest absolute Gasteiger partial charge is 0.228 e. The Balaban J connectivity index is 1.75. The maximum atomic E-state index is 13.1. The van der Waals surface area contributed by atoms with Gasteiger partial charge in [0.25, 0.3) is 0 Å². The van der Waals surface area contributed by atoms with Crippen LogP contribution in [0.15, 0.2) is 10.6 Å². The molecule has 0 spiro atoms. The second-order valence-electron chi connectivity index (χ2n) is 8.21. The zero-order valence-corrected chi connectivity index (χ0v) is 15.7. The minimum Gasteiger partial charge on any atom is -0.381 e. The van der Waals surface area contributed by atoms with Crippen LogP contribution in [0.5, 0.6) is 0 Å². The lowest BCUT2D eigenvalue weighted by molar-refractivity contribution is -0.134. The van der Waals surface area contributed by atoms with Crippen LogP contribution in [0.4, 0.5) is 0 Å². The molecule has 2 N–H and O–H groups in total. The predicted molar refractivity (Wildman–Crippen MR) is 95.4 cm³/mol. The molecule has 1 aromatic heterocycles.